The summed E-state index contributed by atoms with van der Waals surface area (Å²) < 4.78 is 5.41. The van der Waals surface area contributed by atoms with Gasteiger partial charge >= 0.3 is 0 Å². The first-order valence-corrected chi connectivity index (χ1v) is 9.43. The van der Waals surface area contributed by atoms with Crippen molar-refractivity contribution < 1.29 is 14.3 Å². The summed E-state index contributed by atoms with van der Waals surface area (Å²) in [6.07, 6.45) is 0. The first-order valence-electron chi connectivity index (χ1n) is 8.44. The number of hydrogen-bond donors (Lipinski definition) is 1. The summed E-state index contributed by atoms with van der Waals surface area (Å²) in [5, 5.41) is 2.93. The molecule has 0 unspecified atom stereocenters. The maximum absolute atomic E-state index is 12.3. The van der Waals surface area contributed by atoms with Gasteiger partial charge in [0.05, 0.1) is 12.4 Å². The summed E-state index contributed by atoms with van der Waals surface area (Å²) in [4.78, 5) is 26.3. The van der Waals surface area contributed by atoms with Gasteiger partial charge in [-0.2, -0.15) is 0 Å². The van der Waals surface area contributed by atoms with Crippen molar-refractivity contribution in [3.8, 4) is 5.75 Å². The van der Waals surface area contributed by atoms with Gasteiger partial charge in [-0.1, -0.05) is 18.2 Å². The van der Waals surface area contributed by atoms with E-state index in [9.17, 15) is 9.59 Å². The Morgan fingerprint density at radius 3 is 2.46 bits per heavy atom. The van der Waals surface area contributed by atoms with E-state index in [0.29, 0.717) is 18.9 Å². The zero-order valence-electron chi connectivity index (χ0n) is 15.3. The molecule has 1 N–H and O–H groups in total. The maximum Gasteiger partial charge on any atom is 0.234 e. The summed E-state index contributed by atoms with van der Waals surface area (Å²) in [6, 6.07) is 15.2. The maximum atomic E-state index is 12.3. The van der Waals surface area contributed by atoms with Gasteiger partial charge in [-0.3, -0.25) is 9.59 Å². The zero-order valence-corrected chi connectivity index (χ0v) is 16.1. The Bertz CT molecular complexity index is 747. The normalized spacial score (nSPS) is 10.3. The molecule has 0 heterocycles. The number of hydrogen-bond acceptors (Lipinski definition) is 4. The minimum atomic E-state index is -0.0817. The Balaban J connectivity index is 1.92. The first-order chi connectivity index (χ1) is 12.5. The van der Waals surface area contributed by atoms with Crippen molar-refractivity contribution in [2.24, 2.45) is 0 Å². The lowest BCUT2D eigenvalue weighted by atomic mass is 10.1. The summed E-state index contributed by atoms with van der Waals surface area (Å²) in [7, 11) is 1.74. The second kappa shape index (κ2) is 9.87. The smallest absolute Gasteiger partial charge is 0.234 e. The van der Waals surface area contributed by atoms with Gasteiger partial charge in [0.25, 0.3) is 0 Å². The van der Waals surface area contributed by atoms with E-state index in [2.05, 4.69) is 5.32 Å². The van der Waals surface area contributed by atoms with Crippen LogP contribution in [-0.2, 0) is 16.1 Å². The standard InChI is InChI=1S/C20H24N2O3S/c1-4-25-17-9-11-18(12-10-17)26-14-20(24)21-19-8-6-5-7-16(19)13-22(3)15(2)23/h5-12H,4,13-14H2,1-3H3,(H,21,24). The minimum absolute atomic E-state index is 0.0165. The molecule has 6 heteroatoms. The van der Waals surface area contributed by atoms with Crippen LogP contribution >= 0.6 is 11.8 Å². The van der Waals surface area contributed by atoms with Gasteiger partial charge in [0.1, 0.15) is 5.75 Å². The van der Waals surface area contributed by atoms with Crippen LogP contribution in [0.4, 0.5) is 5.69 Å². The molecule has 0 spiro atoms. The molecule has 5 nitrogen and oxygen atoms in total. The largest absolute Gasteiger partial charge is 0.494 e. The highest BCUT2D eigenvalue weighted by molar-refractivity contribution is 8.00. The van der Waals surface area contributed by atoms with Crippen molar-refractivity contribution in [3.05, 3.63) is 54.1 Å². The van der Waals surface area contributed by atoms with Crippen LogP contribution < -0.4 is 10.1 Å². The Morgan fingerprint density at radius 1 is 1.12 bits per heavy atom. The Morgan fingerprint density at radius 2 is 1.81 bits per heavy atom. The molecule has 0 aliphatic rings. The van der Waals surface area contributed by atoms with Crippen molar-refractivity contribution in [3.63, 3.8) is 0 Å². The van der Waals surface area contributed by atoms with Crippen molar-refractivity contribution in [1.82, 2.24) is 4.90 Å². The van der Waals surface area contributed by atoms with E-state index < -0.39 is 0 Å². The lowest BCUT2D eigenvalue weighted by Crippen LogP contribution is -2.24. The van der Waals surface area contributed by atoms with E-state index in [-0.39, 0.29) is 11.8 Å². The molecule has 0 aliphatic carbocycles. The molecule has 2 aromatic rings. The van der Waals surface area contributed by atoms with E-state index in [1.165, 1.54) is 18.7 Å². The van der Waals surface area contributed by atoms with Gasteiger partial charge in [0.2, 0.25) is 11.8 Å². The minimum Gasteiger partial charge on any atom is -0.494 e. The van der Waals surface area contributed by atoms with Gasteiger partial charge < -0.3 is 15.0 Å². The highest BCUT2D eigenvalue weighted by Gasteiger charge is 2.10. The average Bonchev–Trinajstić information content (AvgIpc) is 2.63. The number of carbonyl (C=O) groups is 2. The lowest BCUT2D eigenvalue weighted by molar-refractivity contribution is -0.128. The van der Waals surface area contributed by atoms with E-state index in [4.69, 9.17) is 4.74 Å². The molecule has 0 bridgehead atoms. The fraction of sp³-hybridized carbons (Fsp3) is 0.300. The number of para-hydroxylation sites is 1. The molecule has 0 atom stereocenters. The molecule has 0 radical (unpaired) electrons. The van der Waals surface area contributed by atoms with E-state index in [1.54, 1.807) is 11.9 Å². The fourth-order valence-electron chi connectivity index (χ4n) is 2.28. The van der Waals surface area contributed by atoms with Crippen LogP contribution in [-0.4, -0.2) is 36.1 Å². The fourth-order valence-corrected chi connectivity index (χ4v) is 2.98. The van der Waals surface area contributed by atoms with Crippen LogP contribution in [0.5, 0.6) is 5.75 Å². The number of benzene rings is 2. The van der Waals surface area contributed by atoms with Crippen LogP contribution in [0, 0.1) is 0 Å². The van der Waals surface area contributed by atoms with Crippen LogP contribution in [0.25, 0.3) is 0 Å². The van der Waals surface area contributed by atoms with Crippen LogP contribution in [0.15, 0.2) is 53.4 Å². The molecule has 26 heavy (non-hydrogen) atoms. The second-order valence-corrected chi connectivity index (χ2v) is 6.82. The van der Waals surface area contributed by atoms with Crippen molar-refractivity contribution >= 4 is 29.3 Å². The third kappa shape index (κ3) is 6.11. The van der Waals surface area contributed by atoms with Gasteiger partial charge in [-0.15, -0.1) is 11.8 Å². The lowest BCUT2D eigenvalue weighted by Gasteiger charge is -2.17. The number of nitrogens with one attached hydrogen (secondary N) is 1. The number of rotatable bonds is 8. The van der Waals surface area contributed by atoms with Crippen LogP contribution in [0.3, 0.4) is 0 Å². The van der Waals surface area contributed by atoms with Gasteiger partial charge in [-0.25, -0.2) is 0 Å². The number of carbonyl (C=O) groups excluding carboxylic acids is 2. The summed E-state index contributed by atoms with van der Waals surface area (Å²) in [5.41, 5.74) is 1.64. The summed E-state index contributed by atoms with van der Waals surface area (Å²) in [6.45, 7) is 4.55. The van der Waals surface area contributed by atoms with Gasteiger partial charge in [0.15, 0.2) is 0 Å². The first kappa shape index (κ1) is 19.8. The third-order valence-corrected chi connectivity index (χ3v) is 4.75. The number of amides is 2. The molecule has 0 aliphatic heterocycles. The van der Waals surface area contributed by atoms with Gasteiger partial charge in [0, 0.05) is 31.1 Å². The molecular formula is C20H24N2O3S. The molecular weight excluding hydrogens is 348 g/mol. The molecule has 0 saturated heterocycles. The van der Waals surface area contributed by atoms with Crippen molar-refractivity contribution in [2.45, 2.75) is 25.3 Å². The molecule has 0 saturated carbocycles. The van der Waals surface area contributed by atoms with E-state index >= 15 is 0 Å². The Labute approximate surface area is 158 Å². The SMILES string of the molecule is CCOc1ccc(SCC(=O)Nc2ccccc2CN(C)C(C)=O)cc1. The van der Waals surface area contributed by atoms with E-state index in [0.717, 1.165) is 21.9 Å². The number of ether oxygens (including phenoxy) is 1. The van der Waals surface area contributed by atoms with Crippen molar-refractivity contribution in [2.75, 3.05) is 24.7 Å². The number of nitrogens with zero attached hydrogens (tertiary/aromatic N) is 1. The summed E-state index contributed by atoms with van der Waals surface area (Å²) >= 11 is 1.47. The molecule has 138 valence electrons. The second-order valence-electron chi connectivity index (χ2n) is 5.77. The highest BCUT2D eigenvalue weighted by atomic mass is 32.2. The van der Waals surface area contributed by atoms with Crippen molar-refractivity contribution in [1.29, 1.82) is 0 Å². The monoisotopic (exact) mass is 372 g/mol. The molecule has 2 aromatic carbocycles. The highest BCUT2D eigenvalue weighted by Crippen LogP contribution is 2.22. The van der Waals surface area contributed by atoms with E-state index in [1.807, 2.05) is 55.5 Å². The Hall–Kier alpha value is -2.47. The molecule has 2 amide bonds. The zero-order chi connectivity index (χ0) is 18.9. The number of thioether (sulfide) groups is 1. The number of anilines is 1. The molecule has 0 fully saturated rings. The van der Waals surface area contributed by atoms with Crippen LogP contribution in [0.1, 0.15) is 19.4 Å². The molecule has 2 rings (SSSR count). The van der Waals surface area contributed by atoms with Crippen LogP contribution in [0.2, 0.25) is 0 Å². The Kier molecular flexibility index (Phi) is 7.53. The predicted molar refractivity (Wildman–Crippen MR) is 106 cm³/mol. The average molecular weight is 372 g/mol. The molecule has 0 aromatic heterocycles. The topological polar surface area (TPSA) is 58.6 Å². The van der Waals surface area contributed by atoms with Gasteiger partial charge in [-0.05, 0) is 42.8 Å². The summed E-state index contributed by atoms with van der Waals surface area (Å²) in [5.74, 6) is 1.04. The predicted octanol–water partition coefficient (Wildman–Crippen LogP) is 3.79. The quantitative estimate of drug-likeness (QED) is 0.716. The third-order valence-electron chi connectivity index (χ3n) is 3.74.